The second kappa shape index (κ2) is 6.62. The number of aromatic nitrogens is 2. The molecule has 1 amide bonds. The van der Waals surface area contributed by atoms with Crippen LogP contribution in [-0.2, 0) is 10.2 Å². The van der Waals surface area contributed by atoms with Crippen LogP contribution in [0.2, 0.25) is 0 Å². The summed E-state index contributed by atoms with van der Waals surface area (Å²) >= 11 is 0. The molecule has 5 rings (SSSR count). The first-order valence-electron chi connectivity index (χ1n) is 10.1. The topological polar surface area (TPSA) is 38.1 Å². The first kappa shape index (κ1) is 17.2. The Morgan fingerprint density at radius 3 is 2.39 bits per heavy atom. The van der Waals surface area contributed by atoms with Crippen molar-refractivity contribution in [3.8, 4) is 11.4 Å². The molecule has 2 aliphatic rings. The largest absolute Gasteiger partial charge is 0.340 e. The number of hydrogen-bond donors (Lipinski definition) is 0. The molecule has 2 fully saturated rings. The Balaban J connectivity index is 1.39. The molecule has 1 unspecified atom stereocenters. The van der Waals surface area contributed by atoms with E-state index in [0.29, 0.717) is 5.91 Å². The predicted octanol–water partition coefficient (Wildman–Crippen LogP) is 4.36. The van der Waals surface area contributed by atoms with Gasteiger partial charge in [0.15, 0.2) is 0 Å². The molecular weight excluding hydrogens is 346 g/mol. The summed E-state index contributed by atoms with van der Waals surface area (Å²) in [5.74, 6) is 1.31. The Labute approximate surface area is 165 Å². The van der Waals surface area contributed by atoms with Gasteiger partial charge in [0, 0.05) is 30.5 Å². The third kappa shape index (κ3) is 2.75. The zero-order chi connectivity index (χ0) is 19.1. The number of benzene rings is 2. The Morgan fingerprint density at radius 1 is 1.04 bits per heavy atom. The first-order chi connectivity index (χ1) is 13.7. The van der Waals surface area contributed by atoms with E-state index in [0.717, 1.165) is 49.4 Å². The Bertz CT molecular complexity index is 989. The molecule has 4 heteroatoms. The van der Waals surface area contributed by atoms with Crippen molar-refractivity contribution in [1.29, 1.82) is 0 Å². The van der Waals surface area contributed by atoms with Gasteiger partial charge in [0.2, 0.25) is 5.91 Å². The van der Waals surface area contributed by atoms with Crippen molar-refractivity contribution < 1.29 is 4.79 Å². The quantitative estimate of drug-likeness (QED) is 0.683. The van der Waals surface area contributed by atoms with Gasteiger partial charge in [0.05, 0.1) is 11.5 Å². The highest BCUT2D eigenvalue weighted by Gasteiger charge is 2.53. The molecule has 1 aromatic heterocycles. The summed E-state index contributed by atoms with van der Waals surface area (Å²) in [7, 11) is 0. The van der Waals surface area contributed by atoms with E-state index in [2.05, 4.69) is 45.6 Å². The molecule has 1 aliphatic heterocycles. The zero-order valence-corrected chi connectivity index (χ0v) is 16.2. The molecule has 28 heavy (non-hydrogen) atoms. The van der Waals surface area contributed by atoms with Crippen molar-refractivity contribution in [3.63, 3.8) is 0 Å². The third-order valence-corrected chi connectivity index (χ3v) is 6.32. The van der Waals surface area contributed by atoms with Gasteiger partial charge in [-0.1, -0.05) is 60.7 Å². The van der Waals surface area contributed by atoms with Crippen LogP contribution in [0.15, 0.2) is 66.9 Å². The minimum absolute atomic E-state index is 0.275. The normalized spacial score (nSPS) is 20.3. The van der Waals surface area contributed by atoms with Gasteiger partial charge in [-0.15, -0.1) is 0 Å². The van der Waals surface area contributed by atoms with E-state index in [1.807, 2.05) is 42.6 Å². The highest BCUT2D eigenvalue weighted by molar-refractivity contribution is 5.91. The van der Waals surface area contributed by atoms with Crippen LogP contribution in [-0.4, -0.2) is 33.4 Å². The summed E-state index contributed by atoms with van der Waals surface area (Å²) in [6, 6.07) is 20.9. The molecule has 4 nitrogen and oxygen atoms in total. The van der Waals surface area contributed by atoms with Crippen LogP contribution in [0.4, 0.5) is 0 Å². The van der Waals surface area contributed by atoms with Crippen molar-refractivity contribution in [3.05, 3.63) is 78.1 Å². The fourth-order valence-electron chi connectivity index (χ4n) is 4.66. The lowest BCUT2D eigenvalue weighted by Crippen LogP contribution is -2.38. The summed E-state index contributed by atoms with van der Waals surface area (Å²) in [6.45, 7) is 3.70. The van der Waals surface area contributed by atoms with Crippen molar-refractivity contribution in [1.82, 2.24) is 14.5 Å². The minimum Gasteiger partial charge on any atom is -0.340 e. The van der Waals surface area contributed by atoms with E-state index in [1.165, 1.54) is 5.56 Å². The van der Waals surface area contributed by atoms with Crippen LogP contribution < -0.4 is 0 Å². The standard InChI is InChI=1S/C24H25N3O/c1-18-16-25-22(19-8-4-2-5-9-19)27(18)21-12-15-26(17-21)23(28)24(13-14-24)20-10-6-3-7-11-20/h2-11,16,21H,12-15,17H2,1H3. The van der Waals surface area contributed by atoms with Gasteiger partial charge < -0.3 is 9.47 Å². The maximum Gasteiger partial charge on any atom is 0.233 e. The molecular formula is C24H25N3O. The van der Waals surface area contributed by atoms with Crippen LogP contribution in [0.1, 0.15) is 36.6 Å². The molecule has 1 saturated heterocycles. The maximum absolute atomic E-state index is 13.4. The Hall–Kier alpha value is -2.88. The maximum atomic E-state index is 13.4. The summed E-state index contributed by atoms with van der Waals surface area (Å²) in [5, 5.41) is 0. The predicted molar refractivity (Wildman–Crippen MR) is 110 cm³/mol. The van der Waals surface area contributed by atoms with Gasteiger partial charge >= 0.3 is 0 Å². The lowest BCUT2D eigenvalue weighted by molar-refractivity contribution is -0.133. The molecule has 2 heterocycles. The monoisotopic (exact) mass is 371 g/mol. The van der Waals surface area contributed by atoms with E-state index < -0.39 is 0 Å². The number of likely N-dealkylation sites (tertiary alicyclic amines) is 1. The van der Waals surface area contributed by atoms with Crippen molar-refractivity contribution in [2.45, 2.75) is 37.6 Å². The van der Waals surface area contributed by atoms with E-state index in [4.69, 9.17) is 0 Å². The van der Waals surface area contributed by atoms with Gasteiger partial charge in [0.1, 0.15) is 5.82 Å². The fraction of sp³-hybridized carbons (Fsp3) is 0.333. The van der Waals surface area contributed by atoms with Crippen molar-refractivity contribution in [2.24, 2.45) is 0 Å². The summed E-state index contributed by atoms with van der Waals surface area (Å²) in [6.07, 6.45) is 4.86. The molecule has 3 aromatic rings. The van der Waals surface area contributed by atoms with E-state index in [1.54, 1.807) is 0 Å². The fourth-order valence-corrected chi connectivity index (χ4v) is 4.66. The highest BCUT2D eigenvalue weighted by atomic mass is 16.2. The van der Waals surface area contributed by atoms with Crippen LogP contribution >= 0.6 is 0 Å². The van der Waals surface area contributed by atoms with E-state index in [-0.39, 0.29) is 11.5 Å². The molecule has 2 aromatic carbocycles. The Morgan fingerprint density at radius 2 is 1.71 bits per heavy atom. The highest BCUT2D eigenvalue weighted by Crippen LogP contribution is 2.50. The van der Waals surface area contributed by atoms with Crippen LogP contribution in [0.3, 0.4) is 0 Å². The number of hydrogen-bond acceptors (Lipinski definition) is 2. The minimum atomic E-state index is -0.275. The molecule has 0 radical (unpaired) electrons. The number of carbonyl (C=O) groups excluding carboxylic acids is 1. The van der Waals surface area contributed by atoms with Gasteiger partial charge in [-0.05, 0) is 31.7 Å². The molecule has 0 bridgehead atoms. The van der Waals surface area contributed by atoms with Crippen LogP contribution in [0, 0.1) is 6.92 Å². The lowest BCUT2D eigenvalue weighted by Gasteiger charge is -2.24. The SMILES string of the molecule is Cc1cnc(-c2ccccc2)n1C1CCN(C(=O)C2(c3ccccc3)CC2)C1. The first-order valence-corrected chi connectivity index (χ1v) is 10.1. The molecule has 0 spiro atoms. The average Bonchev–Trinajstić information content (AvgIpc) is 3.26. The second-order valence-corrected chi connectivity index (χ2v) is 8.10. The zero-order valence-electron chi connectivity index (χ0n) is 16.2. The lowest BCUT2D eigenvalue weighted by atomic mass is 9.94. The summed E-state index contributed by atoms with van der Waals surface area (Å²) in [4.78, 5) is 20.1. The molecule has 142 valence electrons. The number of carbonyl (C=O) groups is 1. The summed E-state index contributed by atoms with van der Waals surface area (Å²) < 4.78 is 2.32. The second-order valence-electron chi connectivity index (χ2n) is 8.10. The average molecular weight is 371 g/mol. The molecule has 1 saturated carbocycles. The number of rotatable bonds is 4. The van der Waals surface area contributed by atoms with Gasteiger partial charge in [-0.2, -0.15) is 0 Å². The Kier molecular flexibility index (Phi) is 4.08. The van der Waals surface area contributed by atoms with Crippen LogP contribution in [0.5, 0.6) is 0 Å². The smallest absolute Gasteiger partial charge is 0.233 e. The van der Waals surface area contributed by atoms with Crippen molar-refractivity contribution >= 4 is 5.91 Å². The van der Waals surface area contributed by atoms with Crippen LogP contribution in [0.25, 0.3) is 11.4 Å². The molecule has 0 N–H and O–H groups in total. The number of aryl methyl sites for hydroxylation is 1. The van der Waals surface area contributed by atoms with Gasteiger partial charge in [0.25, 0.3) is 0 Å². The third-order valence-electron chi connectivity index (χ3n) is 6.32. The summed E-state index contributed by atoms with van der Waals surface area (Å²) in [5.41, 5.74) is 3.18. The van der Waals surface area contributed by atoms with E-state index >= 15 is 0 Å². The molecule has 1 aliphatic carbocycles. The van der Waals surface area contributed by atoms with Gasteiger partial charge in [-0.25, -0.2) is 4.98 Å². The molecule has 1 atom stereocenters. The van der Waals surface area contributed by atoms with Crippen molar-refractivity contribution in [2.75, 3.05) is 13.1 Å². The van der Waals surface area contributed by atoms with Gasteiger partial charge in [-0.3, -0.25) is 4.79 Å². The number of imidazole rings is 1. The number of nitrogens with zero attached hydrogens (tertiary/aromatic N) is 3. The van der Waals surface area contributed by atoms with E-state index in [9.17, 15) is 4.79 Å². The number of amides is 1.